The summed E-state index contributed by atoms with van der Waals surface area (Å²) in [5.41, 5.74) is 0. The van der Waals surface area contributed by atoms with Gasteiger partial charge in [-0.25, -0.2) is 9.97 Å². The van der Waals surface area contributed by atoms with E-state index in [0.29, 0.717) is 0 Å². The molecule has 0 unspecified atom stereocenters. The van der Waals surface area contributed by atoms with E-state index in [1.54, 1.807) is 6.33 Å². The van der Waals surface area contributed by atoms with E-state index in [1.807, 2.05) is 4.90 Å². The van der Waals surface area contributed by atoms with Crippen LogP contribution in [-0.2, 0) is 4.79 Å². The smallest absolute Gasteiger partial charge is 0.317 e. The highest BCUT2D eigenvalue weighted by Crippen LogP contribution is 2.22. The first-order valence-electron chi connectivity index (χ1n) is 7.48. The largest absolute Gasteiger partial charge is 0.480 e. The maximum atomic E-state index is 10.7. The van der Waals surface area contributed by atoms with Gasteiger partial charge in [0.1, 0.15) is 18.0 Å². The normalized spacial score (nSPS) is 20.0. The Kier molecular flexibility index (Phi) is 4.19. The van der Waals surface area contributed by atoms with E-state index >= 15 is 0 Å². The molecule has 3 rings (SSSR count). The summed E-state index contributed by atoms with van der Waals surface area (Å²) in [5.74, 6) is 1.19. The Labute approximate surface area is 124 Å². The first-order valence-corrected chi connectivity index (χ1v) is 7.48. The zero-order valence-corrected chi connectivity index (χ0v) is 12.1. The molecule has 1 aromatic rings. The lowest BCUT2D eigenvalue weighted by Crippen LogP contribution is -2.48. The van der Waals surface area contributed by atoms with Gasteiger partial charge in [-0.1, -0.05) is 0 Å². The van der Waals surface area contributed by atoms with Crippen molar-refractivity contribution >= 4 is 17.6 Å². The Morgan fingerprint density at radius 2 is 1.57 bits per heavy atom. The Hall–Kier alpha value is -1.89. The van der Waals surface area contributed by atoms with Crippen molar-refractivity contribution < 1.29 is 9.90 Å². The van der Waals surface area contributed by atoms with Crippen LogP contribution in [0.2, 0.25) is 0 Å². The molecule has 0 radical (unpaired) electrons. The lowest BCUT2D eigenvalue weighted by atomic mass is 10.3. The monoisotopic (exact) mass is 291 g/mol. The third-order valence-corrected chi connectivity index (χ3v) is 4.12. The Morgan fingerprint density at radius 3 is 2.14 bits per heavy atom. The summed E-state index contributed by atoms with van der Waals surface area (Å²) in [5, 5.41) is 8.82. The number of hydrogen-bond acceptors (Lipinski definition) is 6. The molecule has 0 aliphatic carbocycles. The van der Waals surface area contributed by atoms with Gasteiger partial charge in [0.05, 0.1) is 6.54 Å². The van der Waals surface area contributed by atoms with Crippen molar-refractivity contribution in [3.05, 3.63) is 12.4 Å². The van der Waals surface area contributed by atoms with Crippen LogP contribution in [0, 0.1) is 0 Å². The van der Waals surface area contributed by atoms with Crippen LogP contribution in [-0.4, -0.2) is 71.8 Å². The number of rotatable bonds is 4. The minimum Gasteiger partial charge on any atom is -0.480 e. The second-order valence-corrected chi connectivity index (χ2v) is 5.59. The standard InChI is InChI=1S/C14H21N5O2/c20-14(21)10-17-5-7-19(8-6-17)13-9-12(15-11-16-13)18-3-1-2-4-18/h9,11H,1-8,10H2,(H,20,21). The Morgan fingerprint density at radius 1 is 1.00 bits per heavy atom. The van der Waals surface area contributed by atoms with Crippen molar-refractivity contribution in [1.82, 2.24) is 14.9 Å². The molecule has 3 heterocycles. The van der Waals surface area contributed by atoms with Crippen molar-refractivity contribution in [1.29, 1.82) is 0 Å². The van der Waals surface area contributed by atoms with E-state index in [2.05, 4.69) is 25.8 Å². The average Bonchev–Trinajstić information content (AvgIpc) is 3.02. The molecule has 21 heavy (non-hydrogen) atoms. The van der Waals surface area contributed by atoms with Crippen molar-refractivity contribution in [3.63, 3.8) is 0 Å². The molecular formula is C14H21N5O2. The summed E-state index contributed by atoms with van der Waals surface area (Å²) in [7, 11) is 0. The second-order valence-electron chi connectivity index (χ2n) is 5.59. The predicted octanol–water partition coefficient (Wildman–Crippen LogP) is 0.283. The third kappa shape index (κ3) is 3.41. The van der Waals surface area contributed by atoms with Gasteiger partial charge in [-0.15, -0.1) is 0 Å². The van der Waals surface area contributed by atoms with Crippen LogP contribution >= 0.6 is 0 Å². The van der Waals surface area contributed by atoms with Crippen molar-refractivity contribution in [2.45, 2.75) is 12.8 Å². The van der Waals surface area contributed by atoms with E-state index in [4.69, 9.17) is 5.11 Å². The number of anilines is 2. The van der Waals surface area contributed by atoms with Crippen molar-refractivity contribution in [2.75, 3.05) is 55.6 Å². The maximum Gasteiger partial charge on any atom is 0.317 e. The lowest BCUT2D eigenvalue weighted by Gasteiger charge is -2.34. The summed E-state index contributed by atoms with van der Waals surface area (Å²) in [6, 6.07) is 2.05. The highest BCUT2D eigenvalue weighted by atomic mass is 16.4. The van der Waals surface area contributed by atoms with Gasteiger partial charge in [-0.3, -0.25) is 9.69 Å². The number of hydrogen-bond donors (Lipinski definition) is 1. The molecule has 2 aliphatic rings. The third-order valence-electron chi connectivity index (χ3n) is 4.12. The van der Waals surface area contributed by atoms with Gasteiger partial charge in [0.15, 0.2) is 0 Å². The molecule has 0 atom stereocenters. The lowest BCUT2D eigenvalue weighted by molar-refractivity contribution is -0.138. The van der Waals surface area contributed by atoms with Gasteiger partial charge >= 0.3 is 5.97 Å². The Bertz CT molecular complexity index is 496. The number of nitrogens with zero attached hydrogens (tertiary/aromatic N) is 5. The molecule has 2 saturated heterocycles. The van der Waals surface area contributed by atoms with Gasteiger partial charge in [0.25, 0.3) is 0 Å². The molecule has 1 aromatic heterocycles. The second kappa shape index (κ2) is 6.26. The van der Waals surface area contributed by atoms with E-state index in [9.17, 15) is 4.79 Å². The number of aliphatic carboxylic acids is 1. The van der Waals surface area contributed by atoms with Crippen LogP contribution in [0.15, 0.2) is 12.4 Å². The van der Waals surface area contributed by atoms with Gasteiger partial charge in [-0.05, 0) is 12.8 Å². The van der Waals surface area contributed by atoms with E-state index in [0.717, 1.165) is 50.9 Å². The van der Waals surface area contributed by atoms with Crippen LogP contribution in [0.3, 0.4) is 0 Å². The van der Waals surface area contributed by atoms with Crippen molar-refractivity contribution in [2.24, 2.45) is 0 Å². The molecule has 7 heteroatoms. The molecule has 7 nitrogen and oxygen atoms in total. The first kappa shape index (κ1) is 14.1. The van der Waals surface area contributed by atoms with Gasteiger partial charge in [0, 0.05) is 45.3 Å². The number of carboxylic acid groups (broad SMARTS) is 1. The molecule has 2 aliphatic heterocycles. The van der Waals surface area contributed by atoms with Crippen molar-refractivity contribution in [3.8, 4) is 0 Å². The molecule has 114 valence electrons. The average molecular weight is 291 g/mol. The van der Waals surface area contributed by atoms with Crippen LogP contribution in [0.5, 0.6) is 0 Å². The summed E-state index contributed by atoms with van der Waals surface area (Å²) < 4.78 is 0. The summed E-state index contributed by atoms with van der Waals surface area (Å²) in [6.45, 7) is 5.40. The topological polar surface area (TPSA) is 72.8 Å². The Balaban J connectivity index is 1.62. The first-order chi connectivity index (χ1) is 10.2. The van der Waals surface area contributed by atoms with E-state index < -0.39 is 5.97 Å². The highest BCUT2D eigenvalue weighted by Gasteiger charge is 2.21. The number of piperazine rings is 1. The molecule has 2 fully saturated rings. The minimum atomic E-state index is -0.762. The fourth-order valence-electron chi connectivity index (χ4n) is 2.96. The quantitative estimate of drug-likeness (QED) is 0.854. The minimum absolute atomic E-state index is 0.122. The van der Waals surface area contributed by atoms with E-state index in [1.165, 1.54) is 12.8 Å². The highest BCUT2D eigenvalue weighted by molar-refractivity contribution is 5.69. The molecule has 0 saturated carbocycles. The summed E-state index contributed by atoms with van der Waals surface area (Å²) in [4.78, 5) is 25.9. The fourth-order valence-corrected chi connectivity index (χ4v) is 2.96. The van der Waals surface area contributed by atoms with Crippen LogP contribution < -0.4 is 9.80 Å². The van der Waals surface area contributed by atoms with Crippen LogP contribution in [0.1, 0.15) is 12.8 Å². The SMILES string of the molecule is O=C(O)CN1CCN(c2cc(N3CCCC3)ncn2)CC1. The number of aromatic nitrogens is 2. The van der Waals surface area contributed by atoms with Gasteiger partial charge < -0.3 is 14.9 Å². The molecule has 0 bridgehead atoms. The molecular weight excluding hydrogens is 270 g/mol. The zero-order chi connectivity index (χ0) is 14.7. The zero-order valence-electron chi connectivity index (χ0n) is 12.1. The van der Waals surface area contributed by atoms with Gasteiger partial charge in [0.2, 0.25) is 0 Å². The molecule has 0 spiro atoms. The van der Waals surface area contributed by atoms with E-state index in [-0.39, 0.29) is 6.54 Å². The predicted molar refractivity (Wildman–Crippen MR) is 79.8 cm³/mol. The summed E-state index contributed by atoms with van der Waals surface area (Å²) >= 11 is 0. The van der Waals surface area contributed by atoms with Crippen LogP contribution in [0.4, 0.5) is 11.6 Å². The number of carboxylic acids is 1. The maximum absolute atomic E-state index is 10.7. The van der Waals surface area contributed by atoms with Crippen LogP contribution in [0.25, 0.3) is 0 Å². The fraction of sp³-hybridized carbons (Fsp3) is 0.643. The van der Waals surface area contributed by atoms with Gasteiger partial charge in [-0.2, -0.15) is 0 Å². The molecule has 0 aromatic carbocycles. The number of carbonyl (C=O) groups is 1. The molecule has 1 N–H and O–H groups in total. The summed E-state index contributed by atoms with van der Waals surface area (Å²) in [6.07, 6.45) is 4.09. The molecule has 0 amide bonds.